The van der Waals surface area contributed by atoms with Crippen molar-refractivity contribution in [2.45, 2.75) is 18.9 Å². The summed E-state index contributed by atoms with van der Waals surface area (Å²) in [6, 6.07) is 9.99. The van der Waals surface area contributed by atoms with Gasteiger partial charge in [-0.15, -0.1) is 0 Å². The van der Waals surface area contributed by atoms with Gasteiger partial charge in [0.2, 0.25) is 0 Å². The van der Waals surface area contributed by atoms with E-state index < -0.39 is 0 Å². The Labute approximate surface area is 160 Å². The Hall–Kier alpha value is -2.56. The topological polar surface area (TPSA) is 80.6 Å². The van der Waals surface area contributed by atoms with Gasteiger partial charge in [0, 0.05) is 56.9 Å². The second-order valence-electron chi connectivity index (χ2n) is 7.00. The number of nitrogens with one attached hydrogen (secondary N) is 2. The van der Waals surface area contributed by atoms with E-state index in [0.717, 1.165) is 51.3 Å². The average Bonchev–Trinajstić information content (AvgIpc) is 3.22. The van der Waals surface area contributed by atoms with Crippen molar-refractivity contribution in [3.05, 3.63) is 36.0 Å². The van der Waals surface area contributed by atoms with Gasteiger partial charge in [0.05, 0.1) is 6.10 Å². The normalized spacial score (nSPS) is 21.0. The summed E-state index contributed by atoms with van der Waals surface area (Å²) in [5.74, 6) is -0.380. The number of hydrogen-bond donors (Lipinski definition) is 2. The first-order valence-electron chi connectivity index (χ1n) is 9.46. The first-order chi connectivity index (χ1) is 13.2. The maximum atomic E-state index is 12.1. The molecule has 1 aromatic carbocycles. The molecule has 3 rings (SSSR count). The summed E-state index contributed by atoms with van der Waals surface area (Å²) in [5.41, 5.74) is 2.08. The predicted octanol–water partition coefficient (Wildman–Crippen LogP) is 1.55. The van der Waals surface area contributed by atoms with Crippen LogP contribution in [-0.4, -0.2) is 63.3 Å². The average molecular weight is 369 g/mol. The summed E-state index contributed by atoms with van der Waals surface area (Å²) < 4.78 is 5.47. The molecule has 7 nitrogen and oxygen atoms in total. The number of amides is 1. The number of piperazine rings is 1. The molecule has 2 aliphatic heterocycles. The van der Waals surface area contributed by atoms with Gasteiger partial charge in [-0.1, -0.05) is 0 Å². The summed E-state index contributed by atoms with van der Waals surface area (Å²) in [5, 5.41) is 15.0. The van der Waals surface area contributed by atoms with Crippen molar-refractivity contribution in [2.24, 2.45) is 0 Å². The van der Waals surface area contributed by atoms with E-state index in [1.165, 1.54) is 11.9 Å². The zero-order valence-electron chi connectivity index (χ0n) is 15.8. The van der Waals surface area contributed by atoms with E-state index in [4.69, 9.17) is 4.74 Å². The fourth-order valence-corrected chi connectivity index (χ4v) is 3.24. The van der Waals surface area contributed by atoms with E-state index in [1.54, 1.807) is 0 Å². The summed E-state index contributed by atoms with van der Waals surface area (Å²) in [7, 11) is 2.14. The van der Waals surface area contributed by atoms with Gasteiger partial charge in [0.1, 0.15) is 11.6 Å². The van der Waals surface area contributed by atoms with Crippen LogP contribution < -0.4 is 15.5 Å². The Balaban J connectivity index is 1.52. The fourth-order valence-electron chi connectivity index (χ4n) is 3.24. The summed E-state index contributed by atoms with van der Waals surface area (Å²) in [6.07, 6.45) is 3.48. The first-order valence-corrected chi connectivity index (χ1v) is 9.46. The molecule has 1 unspecified atom stereocenters. The van der Waals surface area contributed by atoms with Gasteiger partial charge in [-0.05, 0) is 44.2 Å². The second-order valence-corrected chi connectivity index (χ2v) is 7.00. The van der Waals surface area contributed by atoms with Crippen LogP contribution in [0.2, 0.25) is 0 Å². The molecule has 0 radical (unpaired) electrons. The highest BCUT2D eigenvalue weighted by atomic mass is 16.5. The van der Waals surface area contributed by atoms with Crippen LogP contribution in [-0.2, 0) is 9.53 Å². The number of hydrogen-bond acceptors (Lipinski definition) is 6. The number of nitriles is 1. The fraction of sp³-hybridized carbons (Fsp3) is 0.500. The monoisotopic (exact) mass is 369 g/mol. The molecule has 2 N–H and O–H groups in total. The van der Waals surface area contributed by atoms with Crippen LogP contribution in [0.15, 0.2) is 36.0 Å². The molecular weight excluding hydrogens is 342 g/mol. The van der Waals surface area contributed by atoms with Crippen molar-refractivity contribution in [3.8, 4) is 6.07 Å². The van der Waals surface area contributed by atoms with E-state index >= 15 is 0 Å². The second kappa shape index (κ2) is 9.40. The minimum absolute atomic E-state index is 0.0520. The summed E-state index contributed by atoms with van der Waals surface area (Å²) in [6.45, 7) is 5.36. The lowest BCUT2D eigenvalue weighted by Crippen LogP contribution is -2.44. The molecule has 2 fully saturated rings. The van der Waals surface area contributed by atoms with Crippen LogP contribution >= 0.6 is 0 Å². The molecule has 0 saturated carbocycles. The number of carbonyl (C=O) groups excluding carboxylic acids is 1. The molecule has 144 valence electrons. The molecule has 1 aromatic rings. The molecule has 1 amide bonds. The van der Waals surface area contributed by atoms with Crippen molar-refractivity contribution in [1.29, 1.82) is 5.26 Å². The molecule has 1 atom stereocenters. The number of carbonyl (C=O) groups is 1. The number of rotatable bonds is 6. The highest BCUT2D eigenvalue weighted by Crippen LogP contribution is 2.19. The highest BCUT2D eigenvalue weighted by molar-refractivity contribution is 5.97. The minimum atomic E-state index is -0.380. The molecule has 2 saturated heterocycles. The van der Waals surface area contributed by atoms with Gasteiger partial charge >= 0.3 is 0 Å². The maximum absolute atomic E-state index is 12.1. The number of nitrogens with zero attached hydrogens (tertiary/aromatic N) is 3. The molecule has 0 spiro atoms. The standard InChI is InChI=1S/C20H27N5O2/c1-24-8-10-25(11-9-24)18-6-4-17(5-7-18)22-14-16(13-21)20(26)23-15-19-3-2-12-27-19/h4-7,14,19,22H,2-3,8-12,15H2,1H3,(H,23,26)/b16-14-. The molecule has 7 heteroatoms. The number of likely N-dealkylation sites (N-methyl/N-ethyl adjacent to an activating group) is 1. The predicted molar refractivity (Wildman–Crippen MR) is 105 cm³/mol. The largest absolute Gasteiger partial charge is 0.376 e. The van der Waals surface area contributed by atoms with Gasteiger partial charge < -0.3 is 25.2 Å². The number of anilines is 2. The maximum Gasteiger partial charge on any atom is 0.263 e. The Kier molecular flexibility index (Phi) is 6.69. The Morgan fingerprint density at radius 3 is 2.67 bits per heavy atom. The Morgan fingerprint density at radius 2 is 2.04 bits per heavy atom. The molecule has 0 aromatic heterocycles. The van der Waals surface area contributed by atoms with Crippen LogP contribution in [0.1, 0.15) is 12.8 Å². The molecule has 27 heavy (non-hydrogen) atoms. The number of benzene rings is 1. The van der Waals surface area contributed by atoms with E-state index in [9.17, 15) is 10.1 Å². The quantitative estimate of drug-likeness (QED) is 0.585. The molecule has 2 aliphatic rings. The Morgan fingerprint density at radius 1 is 1.30 bits per heavy atom. The van der Waals surface area contributed by atoms with E-state index in [1.807, 2.05) is 18.2 Å². The van der Waals surface area contributed by atoms with Crippen LogP contribution in [0.5, 0.6) is 0 Å². The lowest BCUT2D eigenvalue weighted by molar-refractivity contribution is -0.117. The smallest absolute Gasteiger partial charge is 0.263 e. The lowest BCUT2D eigenvalue weighted by atomic mass is 10.2. The molecule has 0 aliphatic carbocycles. The van der Waals surface area contributed by atoms with Gasteiger partial charge in [0.15, 0.2) is 0 Å². The third-order valence-electron chi connectivity index (χ3n) is 5.00. The summed E-state index contributed by atoms with van der Waals surface area (Å²) in [4.78, 5) is 16.8. The third kappa shape index (κ3) is 5.46. The van der Waals surface area contributed by atoms with Crippen molar-refractivity contribution in [1.82, 2.24) is 10.2 Å². The van der Waals surface area contributed by atoms with Crippen LogP contribution in [0, 0.1) is 11.3 Å². The van der Waals surface area contributed by atoms with E-state index in [-0.39, 0.29) is 17.6 Å². The molecule has 2 heterocycles. The SMILES string of the molecule is CN1CCN(c2ccc(N/C=C(/C#N)C(=O)NCC3CCCO3)cc2)CC1. The van der Waals surface area contributed by atoms with E-state index in [2.05, 4.69) is 39.6 Å². The van der Waals surface area contributed by atoms with Crippen LogP contribution in [0.4, 0.5) is 11.4 Å². The first kappa shape index (κ1) is 19.2. The van der Waals surface area contributed by atoms with Gasteiger partial charge in [-0.3, -0.25) is 4.79 Å². The van der Waals surface area contributed by atoms with Crippen molar-refractivity contribution in [2.75, 3.05) is 56.6 Å². The van der Waals surface area contributed by atoms with Crippen molar-refractivity contribution < 1.29 is 9.53 Å². The van der Waals surface area contributed by atoms with Crippen LogP contribution in [0.25, 0.3) is 0 Å². The van der Waals surface area contributed by atoms with Crippen LogP contribution in [0.3, 0.4) is 0 Å². The van der Waals surface area contributed by atoms with Gasteiger partial charge in [-0.25, -0.2) is 0 Å². The van der Waals surface area contributed by atoms with E-state index in [0.29, 0.717) is 6.54 Å². The van der Waals surface area contributed by atoms with Crippen molar-refractivity contribution >= 4 is 17.3 Å². The van der Waals surface area contributed by atoms with Gasteiger partial charge in [-0.2, -0.15) is 5.26 Å². The lowest BCUT2D eigenvalue weighted by Gasteiger charge is -2.34. The van der Waals surface area contributed by atoms with Crippen molar-refractivity contribution in [3.63, 3.8) is 0 Å². The highest BCUT2D eigenvalue weighted by Gasteiger charge is 2.17. The number of ether oxygens (including phenoxy) is 1. The zero-order chi connectivity index (χ0) is 19.1. The molecule has 0 bridgehead atoms. The van der Waals surface area contributed by atoms with Gasteiger partial charge in [0.25, 0.3) is 5.91 Å². The zero-order valence-corrected chi connectivity index (χ0v) is 15.8. The summed E-state index contributed by atoms with van der Waals surface area (Å²) >= 11 is 0. The third-order valence-corrected chi connectivity index (χ3v) is 5.00. The minimum Gasteiger partial charge on any atom is -0.376 e. The molecular formula is C20H27N5O2. The Bertz CT molecular complexity index is 696.